The Morgan fingerprint density at radius 3 is 1.45 bits per heavy atom. The van der Waals surface area contributed by atoms with Crippen molar-refractivity contribution in [3.8, 4) is 0 Å². The van der Waals surface area contributed by atoms with Crippen molar-refractivity contribution >= 4 is 5.78 Å². The van der Waals surface area contributed by atoms with Crippen molar-refractivity contribution < 1.29 is 19.0 Å². The van der Waals surface area contributed by atoms with E-state index in [9.17, 15) is 4.79 Å². The molecule has 0 aromatic carbocycles. The minimum Gasteiger partial charge on any atom is -0.359 e. The van der Waals surface area contributed by atoms with Gasteiger partial charge in [-0.25, -0.2) is 0 Å². The van der Waals surface area contributed by atoms with Crippen molar-refractivity contribution in [2.75, 3.05) is 19.8 Å². The van der Waals surface area contributed by atoms with Gasteiger partial charge in [-0.3, -0.25) is 56.4 Å². The molecule has 1 rings (SSSR count). The smallest absolute Gasteiger partial charge is 0.267 e. The molecule has 22 heavy (non-hydrogen) atoms. The van der Waals surface area contributed by atoms with Crippen LogP contribution in [0.15, 0.2) is 0 Å². The first-order valence-corrected chi connectivity index (χ1v) is 6.20. The lowest BCUT2D eigenvalue weighted by atomic mass is 10.4. The summed E-state index contributed by atoms with van der Waals surface area (Å²) < 4.78 is 15.6. The van der Waals surface area contributed by atoms with Crippen molar-refractivity contribution in [2.45, 2.75) is 29.3 Å². The van der Waals surface area contributed by atoms with Gasteiger partial charge < -0.3 is 14.2 Å². The maximum Gasteiger partial charge on any atom is 0.267 e. The van der Waals surface area contributed by atoms with Gasteiger partial charge in [0.05, 0.1) is 19.8 Å². The highest BCUT2D eigenvalue weighted by atomic mass is 16.7. The fourth-order valence-corrected chi connectivity index (χ4v) is 1.46. The van der Waals surface area contributed by atoms with Crippen molar-refractivity contribution in [1.29, 1.82) is 0 Å². The number of rotatable bonds is 9. The number of Topliss-reactive ketones (excluding diaryl/α,β-unsaturated/α-hetero) is 1. The third kappa shape index (κ3) is 5.76. The van der Waals surface area contributed by atoms with Crippen LogP contribution in [0.4, 0.5) is 0 Å². The van der Waals surface area contributed by atoms with Gasteiger partial charge in [0.2, 0.25) is 5.78 Å². The zero-order valence-electron chi connectivity index (χ0n) is 12.0. The molecule has 13 heteroatoms. The fraction of sp³-hybridized carbons (Fsp3) is 0.889. The van der Waals surface area contributed by atoms with Crippen LogP contribution in [0.5, 0.6) is 0 Å². The number of carbonyl (C=O) groups is 1. The van der Waals surface area contributed by atoms with E-state index in [1.165, 1.54) is 0 Å². The molecule has 0 aromatic heterocycles. The van der Waals surface area contributed by atoms with E-state index in [1.54, 1.807) is 0 Å². The second kappa shape index (κ2) is 6.00. The molecule has 1 aliphatic carbocycles. The highest BCUT2D eigenvalue weighted by Crippen LogP contribution is 2.40. The average molecular weight is 323 g/mol. The molecule has 18 N–H and O–H groups in total. The standard InChI is InChI=1S/C9H25N9O4/c10-6(11,12)1-20-5-4(19)9(5,21-2-7(13,14)15)22-3-8(16,17)18/h5H,1-3,10-18H2. The first-order chi connectivity index (χ1) is 9.66. The molecule has 13 nitrogen and oxygen atoms in total. The SMILES string of the molecule is NC(N)(N)COC1C(=O)C1(OCC(N)(N)N)OCC(N)(N)N. The van der Waals surface area contributed by atoms with Crippen molar-refractivity contribution in [1.82, 2.24) is 0 Å². The summed E-state index contributed by atoms with van der Waals surface area (Å²) in [4.78, 5) is 11.9. The summed E-state index contributed by atoms with van der Waals surface area (Å²) in [6.07, 6.45) is -1.17. The van der Waals surface area contributed by atoms with Crippen molar-refractivity contribution in [3.63, 3.8) is 0 Å². The van der Waals surface area contributed by atoms with Crippen molar-refractivity contribution in [2.24, 2.45) is 51.6 Å². The maximum absolute atomic E-state index is 11.9. The van der Waals surface area contributed by atoms with Gasteiger partial charge in [-0.05, 0) is 0 Å². The Morgan fingerprint density at radius 1 is 0.773 bits per heavy atom. The monoisotopic (exact) mass is 323 g/mol. The second-order valence-corrected chi connectivity index (χ2v) is 5.64. The van der Waals surface area contributed by atoms with Crippen LogP contribution >= 0.6 is 0 Å². The molecule has 1 fully saturated rings. The molecule has 0 heterocycles. The van der Waals surface area contributed by atoms with Gasteiger partial charge in [0.25, 0.3) is 5.79 Å². The van der Waals surface area contributed by atoms with Crippen molar-refractivity contribution in [3.05, 3.63) is 0 Å². The number of carbonyl (C=O) groups excluding carboxylic acids is 1. The Labute approximate surface area is 126 Å². The van der Waals surface area contributed by atoms with Gasteiger partial charge in [0, 0.05) is 0 Å². The summed E-state index contributed by atoms with van der Waals surface area (Å²) in [5.74, 6) is -7.49. The van der Waals surface area contributed by atoms with E-state index in [1.807, 2.05) is 0 Å². The van der Waals surface area contributed by atoms with Gasteiger partial charge in [0.1, 0.15) is 17.4 Å². The van der Waals surface area contributed by atoms with Crippen LogP contribution in [0.25, 0.3) is 0 Å². The highest BCUT2D eigenvalue weighted by molar-refractivity contribution is 6.08. The van der Waals surface area contributed by atoms with E-state index in [4.69, 9.17) is 65.8 Å². The minimum atomic E-state index is -1.85. The van der Waals surface area contributed by atoms with Crippen LogP contribution in [0.2, 0.25) is 0 Å². The lowest BCUT2D eigenvalue weighted by Gasteiger charge is -2.26. The van der Waals surface area contributed by atoms with E-state index >= 15 is 0 Å². The Hall–Kier alpha value is -0.810. The first kappa shape index (κ1) is 19.2. The van der Waals surface area contributed by atoms with Crippen LogP contribution in [0.3, 0.4) is 0 Å². The first-order valence-electron chi connectivity index (χ1n) is 6.20. The summed E-state index contributed by atoms with van der Waals surface area (Å²) in [7, 11) is 0. The highest BCUT2D eigenvalue weighted by Gasteiger charge is 2.71. The van der Waals surface area contributed by atoms with Gasteiger partial charge >= 0.3 is 0 Å². The van der Waals surface area contributed by atoms with Crippen LogP contribution < -0.4 is 51.6 Å². The van der Waals surface area contributed by atoms with Crippen LogP contribution in [0.1, 0.15) is 0 Å². The van der Waals surface area contributed by atoms with E-state index in [-0.39, 0.29) is 6.61 Å². The van der Waals surface area contributed by atoms with E-state index < -0.39 is 48.2 Å². The number of hydrogen-bond acceptors (Lipinski definition) is 13. The molecule has 0 bridgehead atoms. The average Bonchev–Trinajstić information content (AvgIpc) is 2.83. The van der Waals surface area contributed by atoms with E-state index in [0.29, 0.717) is 0 Å². The van der Waals surface area contributed by atoms with Crippen LogP contribution in [-0.2, 0) is 19.0 Å². The summed E-state index contributed by atoms with van der Waals surface area (Å²) in [6.45, 7) is -1.20. The molecule has 0 spiro atoms. The lowest BCUT2D eigenvalue weighted by Crippen LogP contribution is -2.64. The largest absolute Gasteiger partial charge is 0.359 e. The molecule has 1 atom stereocenters. The summed E-state index contributed by atoms with van der Waals surface area (Å²) in [5.41, 5.74) is 48.3. The zero-order chi connectivity index (χ0) is 17.4. The van der Waals surface area contributed by atoms with Gasteiger partial charge in [0.15, 0.2) is 6.10 Å². The summed E-state index contributed by atoms with van der Waals surface area (Å²) in [5, 5.41) is 0. The number of hydrogen-bond donors (Lipinski definition) is 9. The normalized spacial score (nSPS) is 22.0. The molecule has 130 valence electrons. The molecule has 0 saturated heterocycles. The van der Waals surface area contributed by atoms with Gasteiger partial charge in [-0.2, -0.15) is 0 Å². The third-order valence-corrected chi connectivity index (χ3v) is 2.42. The molecule has 0 radical (unpaired) electrons. The molecule has 1 saturated carbocycles. The third-order valence-electron chi connectivity index (χ3n) is 2.42. The van der Waals surface area contributed by atoms with Crippen LogP contribution in [0, 0.1) is 0 Å². The lowest BCUT2D eigenvalue weighted by molar-refractivity contribution is -0.206. The number of nitrogens with two attached hydrogens (primary N) is 9. The quantitative estimate of drug-likeness (QED) is 0.178. The molecule has 0 aliphatic heterocycles. The molecule has 0 amide bonds. The number of ketones is 1. The van der Waals surface area contributed by atoms with E-state index in [2.05, 4.69) is 0 Å². The topological polar surface area (TPSA) is 279 Å². The molecule has 1 aliphatic rings. The van der Waals surface area contributed by atoms with E-state index in [0.717, 1.165) is 0 Å². The second-order valence-electron chi connectivity index (χ2n) is 5.64. The van der Waals surface area contributed by atoms with Gasteiger partial charge in [-0.15, -0.1) is 0 Å². The Bertz CT molecular complexity index is 393. The Morgan fingerprint density at radius 2 is 1.14 bits per heavy atom. The molecule has 0 aromatic rings. The fourth-order valence-electron chi connectivity index (χ4n) is 1.46. The minimum absolute atomic E-state index is 0.351. The Balaban J connectivity index is 2.74. The van der Waals surface area contributed by atoms with Gasteiger partial charge in [-0.1, -0.05) is 0 Å². The predicted molar refractivity (Wildman–Crippen MR) is 75.3 cm³/mol. The summed E-state index contributed by atoms with van der Waals surface area (Å²) >= 11 is 0. The zero-order valence-corrected chi connectivity index (χ0v) is 12.0. The van der Waals surface area contributed by atoms with Crippen LogP contribution in [-0.4, -0.2) is 54.9 Å². The molecule has 1 unspecified atom stereocenters. The Kier molecular flexibility index (Phi) is 5.25. The maximum atomic E-state index is 11.9. The number of ether oxygens (including phenoxy) is 3. The molecular formula is C9H25N9O4. The summed E-state index contributed by atoms with van der Waals surface area (Å²) in [6, 6.07) is 0. The predicted octanol–water partition coefficient (Wildman–Crippen LogP) is -6.73. The molecular weight excluding hydrogens is 298 g/mol.